The lowest BCUT2D eigenvalue weighted by atomic mass is 9.98. The summed E-state index contributed by atoms with van der Waals surface area (Å²) in [6.45, 7) is 8.53. The maximum atomic E-state index is 12.3. The van der Waals surface area contributed by atoms with Crippen molar-refractivity contribution in [3.8, 4) is 5.75 Å². The molecule has 1 N–H and O–H groups in total. The SMILES string of the molecule is Cc1cc(NC(=O)c2ccccc2OCC(C)(C)C)no1. The van der Waals surface area contributed by atoms with E-state index in [1.807, 2.05) is 6.07 Å². The number of nitrogens with zero attached hydrogens (tertiary/aromatic N) is 1. The molecular formula is C16H20N2O3. The highest BCUT2D eigenvalue weighted by molar-refractivity contribution is 6.05. The Balaban J connectivity index is 2.13. The van der Waals surface area contributed by atoms with Gasteiger partial charge in [0.25, 0.3) is 5.91 Å². The normalized spacial score (nSPS) is 11.2. The summed E-state index contributed by atoms with van der Waals surface area (Å²) >= 11 is 0. The fourth-order valence-corrected chi connectivity index (χ4v) is 1.68. The Hall–Kier alpha value is -2.30. The summed E-state index contributed by atoms with van der Waals surface area (Å²) in [7, 11) is 0. The van der Waals surface area contributed by atoms with Crippen molar-refractivity contribution in [3.05, 3.63) is 41.7 Å². The van der Waals surface area contributed by atoms with Crippen LogP contribution in [0.2, 0.25) is 0 Å². The third-order valence-corrected chi connectivity index (χ3v) is 2.66. The van der Waals surface area contributed by atoms with E-state index >= 15 is 0 Å². The zero-order valence-electron chi connectivity index (χ0n) is 12.8. The zero-order chi connectivity index (χ0) is 15.5. The Morgan fingerprint density at radius 2 is 2.05 bits per heavy atom. The third-order valence-electron chi connectivity index (χ3n) is 2.66. The van der Waals surface area contributed by atoms with Gasteiger partial charge in [-0.15, -0.1) is 0 Å². The van der Waals surface area contributed by atoms with Crippen molar-refractivity contribution in [2.24, 2.45) is 5.41 Å². The molecule has 0 unspecified atom stereocenters. The lowest BCUT2D eigenvalue weighted by Crippen LogP contribution is -2.19. The fraction of sp³-hybridized carbons (Fsp3) is 0.375. The summed E-state index contributed by atoms with van der Waals surface area (Å²) in [5.41, 5.74) is 0.495. The minimum atomic E-state index is -0.271. The van der Waals surface area contributed by atoms with Crippen molar-refractivity contribution >= 4 is 11.7 Å². The van der Waals surface area contributed by atoms with Crippen LogP contribution in [-0.2, 0) is 0 Å². The average Bonchev–Trinajstić information content (AvgIpc) is 2.81. The molecule has 0 bridgehead atoms. The number of aryl methyl sites for hydroxylation is 1. The molecule has 112 valence electrons. The molecule has 1 aromatic carbocycles. The second kappa shape index (κ2) is 5.99. The molecule has 0 saturated heterocycles. The first kappa shape index (κ1) is 15.1. The van der Waals surface area contributed by atoms with Crippen molar-refractivity contribution in [3.63, 3.8) is 0 Å². The van der Waals surface area contributed by atoms with Crippen LogP contribution in [0.3, 0.4) is 0 Å². The number of hydrogen-bond acceptors (Lipinski definition) is 4. The van der Waals surface area contributed by atoms with E-state index < -0.39 is 0 Å². The standard InChI is InChI=1S/C16H20N2O3/c1-11-9-14(18-21-11)17-15(19)12-7-5-6-8-13(12)20-10-16(2,3)4/h5-9H,10H2,1-4H3,(H,17,18,19). The van der Waals surface area contributed by atoms with Gasteiger partial charge in [-0.2, -0.15) is 0 Å². The predicted octanol–water partition coefficient (Wildman–Crippen LogP) is 3.66. The van der Waals surface area contributed by atoms with E-state index in [1.165, 1.54) is 0 Å². The van der Waals surface area contributed by atoms with Crippen LogP contribution in [0.4, 0.5) is 5.82 Å². The molecule has 2 aromatic rings. The molecule has 0 fully saturated rings. The first-order valence-electron chi connectivity index (χ1n) is 6.82. The van der Waals surface area contributed by atoms with Gasteiger partial charge in [0, 0.05) is 6.07 Å². The number of aromatic nitrogens is 1. The lowest BCUT2D eigenvalue weighted by molar-refractivity contribution is 0.101. The number of carbonyl (C=O) groups is 1. The first-order valence-corrected chi connectivity index (χ1v) is 6.82. The molecule has 0 aliphatic heterocycles. The molecule has 0 spiro atoms. The highest BCUT2D eigenvalue weighted by atomic mass is 16.5. The monoisotopic (exact) mass is 288 g/mol. The molecule has 2 rings (SSSR count). The Bertz CT molecular complexity index is 626. The first-order chi connectivity index (χ1) is 9.85. The molecule has 1 amide bonds. The molecule has 1 aromatic heterocycles. The fourth-order valence-electron chi connectivity index (χ4n) is 1.68. The van der Waals surface area contributed by atoms with Crippen LogP contribution >= 0.6 is 0 Å². The van der Waals surface area contributed by atoms with E-state index in [1.54, 1.807) is 31.2 Å². The van der Waals surface area contributed by atoms with E-state index in [2.05, 4.69) is 31.2 Å². The molecule has 0 radical (unpaired) electrons. The highest BCUT2D eigenvalue weighted by Gasteiger charge is 2.17. The number of hydrogen-bond donors (Lipinski definition) is 1. The number of ether oxygens (including phenoxy) is 1. The summed E-state index contributed by atoms with van der Waals surface area (Å²) in [6, 6.07) is 8.81. The number of benzene rings is 1. The second-order valence-corrected chi connectivity index (χ2v) is 6.12. The summed E-state index contributed by atoms with van der Waals surface area (Å²) < 4.78 is 10.7. The summed E-state index contributed by atoms with van der Waals surface area (Å²) in [5.74, 6) is 1.32. The molecule has 0 saturated carbocycles. The van der Waals surface area contributed by atoms with Crippen LogP contribution in [0.25, 0.3) is 0 Å². The van der Waals surface area contributed by atoms with Crippen molar-refractivity contribution < 1.29 is 14.1 Å². The number of anilines is 1. The molecule has 21 heavy (non-hydrogen) atoms. The molecule has 0 atom stereocenters. The molecule has 5 nitrogen and oxygen atoms in total. The average molecular weight is 288 g/mol. The minimum absolute atomic E-state index is 0.0206. The van der Waals surface area contributed by atoms with Gasteiger partial charge in [0.1, 0.15) is 11.5 Å². The molecule has 1 heterocycles. The van der Waals surface area contributed by atoms with E-state index in [9.17, 15) is 4.79 Å². The van der Waals surface area contributed by atoms with Gasteiger partial charge in [0.15, 0.2) is 5.82 Å². The topological polar surface area (TPSA) is 64.4 Å². The summed E-state index contributed by atoms with van der Waals surface area (Å²) in [6.07, 6.45) is 0. The lowest BCUT2D eigenvalue weighted by Gasteiger charge is -2.20. The number of nitrogens with one attached hydrogen (secondary N) is 1. The van der Waals surface area contributed by atoms with Gasteiger partial charge in [-0.3, -0.25) is 4.79 Å². The van der Waals surface area contributed by atoms with Crippen LogP contribution in [0.15, 0.2) is 34.9 Å². The molecule has 0 aliphatic carbocycles. The van der Waals surface area contributed by atoms with Gasteiger partial charge in [-0.1, -0.05) is 38.1 Å². The molecule has 5 heteroatoms. The van der Waals surface area contributed by atoms with Gasteiger partial charge >= 0.3 is 0 Å². The largest absolute Gasteiger partial charge is 0.492 e. The Labute approximate surface area is 124 Å². The van der Waals surface area contributed by atoms with Crippen LogP contribution in [-0.4, -0.2) is 17.7 Å². The maximum absolute atomic E-state index is 12.3. The van der Waals surface area contributed by atoms with E-state index in [0.29, 0.717) is 29.5 Å². The Morgan fingerprint density at radius 3 is 2.67 bits per heavy atom. The van der Waals surface area contributed by atoms with Crippen molar-refractivity contribution in [1.29, 1.82) is 0 Å². The van der Waals surface area contributed by atoms with E-state index in [0.717, 1.165) is 0 Å². The quantitative estimate of drug-likeness (QED) is 0.932. The molecular weight excluding hydrogens is 268 g/mol. The van der Waals surface area contributed by atoms with Gasteiger partial charge in [-0.05, 0) is 24.5 Å². The van der Waals surface area contributed by atoms with Crippen molar-refractivity contribution in [2.45, 2.75) is 27.7 Å². The maximum Gasteiger partial charge on any atom is 0.260 e. The Morgan fingerprint density at radius 1 is 1.33 bits per heavy atom. The summed E-state index contributed by atoms with van der Waals surface area (Å²) in [4.78, 5) is 12.3. The highest BCUT2D eigenvalue weighted by Crippen LogP contribution is 2.22. The van der Waals surface area contributed by atoms with Crippen LogP contribution in [0.1, 0.15) is 36.9 Å². The minimum Gasteiger partial charge on any atom is -0.492 e. The molecule has 0 aliphatic rings. The van der Waals surface area contributed by atoms with Crippen LogP contribution < -0.4 is 10.1 Å². The number of amides is 1. The predicted molar refractivity (Wildman–Crippen MR) is 80.6 cm³/mol. The van der Waals surface area contributed by atoms with Crippen molar-refractivity contribution in [2.75, 3.05) is 11.9 Å². The van der Waals surface area contributed by atoms with Crippen LogP contribution in [0, 0.1) is 12.3 Å². The smallest absolute Gasteiger partial charge is 0.260 e. The summed E-state index contributed by atoms with van der Waals surface area (Å²) in [5, 5.41) is 6.44. The van der Waals surface area contributed by atoms with E-state index in [4.69, 9.17) is 9.26 Å². The van der Waals surface area contributed by atoms with E-state index in [-0.39, 0.29) is 11.3 Å². The number of rotatable bonds is 4. The second-order valence-electron chi connectivity index (χ2n) is 6.12. The number of carbonyl (C=O) groups excluding carboxylic acids is 1. The van der Waals surface area contributed by atoms with Gasteiger partial charge < -0.3 is 14.6 Å². The van der Waals surface area contributed by atoms with Gasteiger partial charge in [0.2, 0.25) is 0 Å². The van der Waals surface area contributed by atoms with Crippen LogP contribution in [0.5, 0.6) is 5.75 Å². The van der Waals surface area contributed by atoms with Gasteiger partial charge in [0.05, 0.1) is 12.2 Å². The van der Waals surface area contributed by atoms with Crippen molar-refractivity contribution in [1.82, 2.24) is 5.16 Å². The Kier molecular flexibility index (Phi) is 4.31. The number of para-hydroxylation sites is 1. The zero-order valence-corrected chi connectivity index (χ0v) is 12.8. The van der Waals surface area contributed by atoms with Gasteiger partial charge in [-0.25, -0.2) is 0 Å². The third kappa shape index (κ3) is 4.34.